The molecule has 1 rings (SSSR count). The zero-order chi connectivity index (χ0) is 12.8. The van der Waals surface area contributed by atoms with Gasteiger partial charge in [-0.2, -0.15) is 0 Å². The molecule has 0 unspecified atom stereocenters. The Morgan fingerprint density at radius 3 is 0.812 bits per heavy atom. The van der Waals surface area contributed by atoms with E-state index in [1.54, 1.807) is 0 Å². The highest BCUT2D eigenvalue weighted by Crippen LogP contribution is 2.55. The van der Waals surface area contributed by atoms with Gasteiger partial charge in [-0.15, -0.1) is 0 Å². The maximum Gasteiger partial charge on any atom is -0.0177 e. The standard InChI is InChI=1S/C9H21P.C6H6/c1-8(2,3)10(7)9(4,5)6;1-2-4-6-5-3-1/h1-7H3;1-6H. The van der Waals surface area contributed by atoms with Gasteiger partial charge in [0.25, 0.3) is 0 Å². The molecule has 0 saturated carbocycles. The van der Waals surface area contributed by atoms with Gasteiger partial charge in [0.1, 0.15) is 0 Å². The molecule has 0 nitrogen and oxygen atoms in total. The molecule has 0 aliphatic rings. The van der Waals surface area contributed by atoms with Crippen LogP contribution in [0.4, 0.5) is 0 Å². The molecule has 16 heavy (non-hydrogen) atoms. The van der Waals surface area contributed by atoms with E-state index >= 15 is 0 Å². The van der Waals surface area contributed by atoms with Crippen molar-refractivity contribution in [2.45, 2.75) is 51.9 Å². The lowest BCUT2D eigenvalue weighted by atomic mass is 10.2. The van der Waals surface area contributed by atoms with Gasteiger partial charge in [-0.25, -0.2) is 0 Å². The van der Waals surface area contributed by atoms with Crippen LogP contribution in [0.15, 0.2) is 36.4 Å². The molecule has 0 aliphatic carbocycles. The molecule has 0 radical (unpaired) electrons. The van der Waals surface area contributed by atoms with Crippen LogP contribution >= 0.6 is 7.92 Å². The Morgan fingerprint density at radius 2 is 0.750 bits per heavy atom. The third-order valence-corrected chi connectivity index (χ3v) is 6.70. The second-order valence-corrected chi connectivity index (χ2v) is 9.86. The van der Waals surface area contributed by atoms with E-state index in [-0.39, 0.29) is 7.92 Å². The van der Waals surface area contributed by atoms with Crippen molar-refractivity contribution in [2.24, 2.45) is 0 Å². The van der Waals surface area contributed by atoms with Gasteiger partial charge in [0.05, 0.1) is 0 Å². The summed E-state index contributed by atoms with van der Waals surface area (Å²) in [4.78, 5) is 0. The Bertz CT molecular complexity index is 223. The van der Waals surface area contributed by atoms with E-state index < -0.39 is 0 Å². The van der Waals surface area contributed by atoms with Crippen molar-refractivity contribution in [3.05, 3.63) is 36.4 Å². The summed E-state index contributed by atoms with van der Waals surface area (Å²) in [6.07, 6.45) is 0. The summed E-state index contributed by atoms with van der Waals surface area (Å²) in [5.74, 6) is 0. The molecule has 92 valence electrons. The monoisotopic (exact) mass is 238 g/mol. The third kappa shape index (κ3) is 7.01. The third-order valence-electron chi connectivity index (χ3n) is 2.68. The molecular formula is C15H27P. The summed E-state index contributed by atoms with van der Waals surface area (Å²) in [6, 6.07) is 12.0. The van der Waals surface area contributed by atoms with Crippen molar-refractivity contribution in [1.82, 2.24) is 0 Å². The molecule has 0 amide bonds. The molecule has 0 bridgehead atoms. The van der Waals surface area contributed by atoms with Gasteiger partial charge in [-0.05, 0) is 17.0 Å². The van der Waals surface area contributed by atoms with E-state index in [0.29, 0.717) is 10.3 Å². The molecule has 0 spiro atoms. The highest BCUT2D eigenvalue weighted by molar-refractivity contribution is 7.60. The minimum Gasteiger partial charge on any atom is -0.0988 e. The Hall–Kier alpha value is -0.350. The largest absolute Gasteiger partial charge is 0.0988 e. The van der Waals surface area contributed by atoms with Crippen molar-refractivity contribution in [3.8, 4) is 0 Å². The lowest BCUT2D eigenvalue weighted by Gasteiger charge is -2.38. The topological polar surface area (TPSA) is 0 Å². The Balaban J connectivity index is 0.000000315. The van der Waals surface area contributed by atoms with Crippen molar-refractivity contribution < 1.29 is 0 Å². The second-order valence-electron chi connectivity index (χ2n) is 6.06. The van der Waals surface area contributed by atoms with E-state index in [1.165, 1.54) is 0 Å². The smallest absolute Gasteiger partial charge is 0.0177 e. The lowest BCUT2D eigenvalue weighted by Crippen LogP contribution is -2.23. The second kappa shape index (κ2) is 6.40. The van der Waals surface area contributed by atoms with Crippen LogP contribution in [-0.2, 0) is 0 Å². The quantitative estimate of drug-likeness (QED) is 0.532. The maximum atomic E-state index is 2.40. The lowest BCUT2D eigenvalue weighted by molar-refractivity contribution is 0.711. The van der Waals surface area contributed by atoms with Gasteiger partial charge < -0.3 is 0 Å². The van der Waals surface area contributed by atoms with Crippen LogP contribution in [0.3, 0.4) is 0 Å². The molecule has 0 atom stereocenters. The predicted molar refractivity (Wildman–Crippen MR) is 78.8 cm³/mol. The van der Waals surface area contributed by atoms with Crippen molar-refractivity contribution in [3.63, 3.8) is 0 Å². The molecule has 0 fully saturated rings. The molecule has 0 N–H and O–H groups in total. The first-order valence-electron chi connectivity index (χ1n) is 5.89. The fourth-order valence-electron chi connectivity index (χ4n) is 1.39. The van der Waals surface area contributed by atoms with E-state index in [4.69, 9.17) is 0 Å². The zero-order valence-corrected chi connectivity index (χ0v) is 12.8. The number of hydrogen-bond donors (Lipinski definition) is 0. The molecule has 0 aromatic heterocycles. The van der Waals surface area contributed by atoms with Gasteiger partial charge in [-0.1, -0.05) is 85.9 Å². The highest BCUT2D eigenvalue weighted by atomic mass is 31.1. The van der Waals surface area contributed by atoms with Crippen LogP contribution in [0, 0.1) is 0 Å². The van der Waals surface area contributed by atoms with Gasteiger partial charge in [-0.3, -0.25) is 0 Å². The zero-order valence-electron chi connectivity index (χ0n) is 11.9. The Labute approximate surface area is 103 Å². The number of rotatable bonds is 0. The summed E-state index contributed by atoms with van der Waals surface area (Å²) in [6.45, 7) is 16.4. The summed E-state index contributed by atoms with van der Waals surface area (Å²) in [7, 11) is 0.137. The fraction of sp³-hybridized carbons (Fsp3) is 0.600. The molecular weight excluding hydrogens is 211 g/mol. The normalized spacial score (nSPS) is 12.0. The summed E-state index contributed by atoms with van der Waals surface area (Å²) >= 11 is 0. The van der Waals surface area contributed by atoms with Crippen LogP contribution < -0.4 is 0 Å². The summed E-state index contributed by atoms with van der Waals surface area (Å²) in [5, 5.41) is 1.02. The Kier molecular flexibility index (Phi) is 6.26. The molecule has 0 saturated heterocycles. The minimum absolute atomic E-state index is 0.137. The van der Waals surface area contributed by atoms with Crippen LogP contribution in [-0.4, -0.2) is 17.0 Å². The van der Waals surface area contributed by atoms with E-state index in [0.717, 1.165) is 0 Å². The Morgan fingerprint density at radius 1 is 0.562 bits per heavy atom. The molecule has 1 heteroatoms. The van der Waals surface area contributed by atoms with Gasteiger partial charge >= 0.3 is 0 Å². The van der Waals surface area contributed by atoms with Crippen LogP contribution in [0.2, 0.25) is 0 Å². The van der Waals surface area contributed by atoms with Crippen molar-refractivity contribution in [2.75, 3.05) is 6.66 Å². The molecule has 1 aromatic carbocycles. The molecule has 1 aromatic rings. The minimum atomic E-state index is 0.137. The van der Waals surface area contributed by atoms with Gasteiger partial charge in [0.2, 0.25) is 0 Å². The van der Waals surface area contributed by atoms with Crippen LogP contribution in [0.5, 0.6) is 0 Å². The number of benzene rings is 1. The number of hydrogen-bond acceptors (Lipinski definition) is 0. The van der Waals surface area contributed by atoms with Crippen LogP contribution in [0.25, 0.3) is 0 Å². The molecule has 0 heterocycles. The van der Waals surface area contributed by atoms with Crippen LogP contribution in [0.1, 0.15) is 41.5 Å². The van der Waals surface area contributed by atoms with Crippen molar-refractivity contribution >= 4 is 7.92 Å². The summed E-state index contributed by atoms with van der Waals surface area (Å²) in [5.41, 5.74) is 0. The van der Waals surface area contributed by atoms with Crippen molar-refractivity contribution in [1.29, 1.82) is 0 Å². The first-order chi connectivity index (χ1) is 7.15. The first-order valence-corrected chi connectivity index (χ1v) is 7.68. The van der Waals surface area contributed by atoms with Gasteiger partial charge in [0.15, 0.2) is 0 Å². The van der Waals surface area contributed by atoms with E-state index in [2.05, 4.69) is 48.2 Å². The first kappa shape index (κ1) is 15.7. The SMILES string of the molecule is CP(C(C)(C)C)C(C)(C)C.c1ccccc1. The summed E-state index contributed by atoms with van der Waals surface area (Å²) < 4.78 is 0. The highest BCUT2D eigenvalue weighted by Gasteiger charge is 2.29. The average molecular weight is 238 g/mol. The maximum absolute atomic E-state index is 2.40. The average Bonchev–Trinajstić information content (AvgIpc) is 2.17. The van der Waals surface area contributed by atoms with Gasteiger partial charge in [0, 0.05) is 0 Å². The van der Waals surface area contributed by atoms with E-state index in [1.807, 2.05) is 36.4 Å². The fourth-order valence-corrected chi connectivity index (χ4v) is 3.40. The van der Waals surface area contributed by atoms with E-state index in [9.17, 15) is 0 Å². The predicted octanol–water partition coefficient (Wildman–Crippen LogP) is 5.38. The molecule has 0 aliphatic heterocycles.